The minimum Gasteiger partial charge on any atom is -0.393 e. The Morgan fingerprint density at radius 3 is 2.61 bits per heavy atom. The molecule has 0 radical (unpaired) electrons. The van der Waals surface area contributed by atoms with Crippen LogP contribution in [0.5, 0.6) is 0 Å². The Bertz CT molecular complexity index is 793. The number of nitrogens with one attached hydrogen (secondary N) is 1. The van der Waals surface area contributed by atoms with Crippen LogP contribution in [0.3, 0.4) is 0 Å². The van der Waals surface area contributed by atoms with E-state index in [0.717, 1.165) is 31.7 Å². The Kier molecular flexibility index (Phi) is 5.99. The lowest BCUT2D eigenvalue weighted by atomic mass is 9.46. The van der Waals surface area contributed by atoms with E-state index < -0.39 is 0 Å². The molecule has 6 atom stereocenters. The molecule has 0 aromatic heterocycles. The van der Waals surface area contributed by atoms with Gasteiger partial charge in [0.1, 0.15) is 0 Å². The topological polar surface area (TPSA) is 49.3 Å². The fourth-order valence-corrected chi connectivity index (χ4v) is 8.47. The van der Waals surface area contributed by atoms with Crippen LogP contribution in [0.1, 0.15) is 99.3 Å². The molecule has 174 valence electrons. The summed E-state index contributed by atoms with van der Waals surface area (Å²) in [6, 6.07) is 0. The van der Waals surface area contributed by atoms with Crippen LogP contribution >= 0.6 is 0 Å². The first-order chi connectivity index (χ1) is 14.5. The molecule has 3 nitrogen and oxygen atoms in total. The van der Waals surface area contributed by atoms with Crippen LogP contribution in [0.15, 0.2) is 22.8 Å². The molecule has 0 aliphatic heterocycles. The van der Waals surface area contributed by atoms with Crippen LogP contribution in [0.4, 0.5) is 0 Å². The van der Waals surface area contributed by atoms with E-state index in [1.807, 2.05) is 0 Å². The Hall–Kier alpha value is -1.09. The van der Waals surface area contributed by atoms with Crippen LogP contribution in [0, 0.1) is 34.0 Å². The lowest BCUT2D eigenvalue weighted by Gasteiger charge is -2.59. The number of fused-ring (bicyclic) bond motifs is 4. The molecule has 4 aliphatic carbocycles. The summed E-state index contributed by atoms with van der Waals surface area (Å²) in [5.74, 6) is 2.09. The molecule has 4 rings (SSSR count). The van der Waals surface area contributed by atoms with E-state index >= 15 is 0 Å². The number of carbonyl (C=O) groups is 1. The predicted octanol–water partition coefficient (Wildman–Crippen LogP) is 6.18. The lowest BCUT2D eigenvalue weighted by molar-refractivity contribution is -0.118. The van der Waals surface area contributed by atoms with Crippen LogP contribution in [0.25, 0.3) is 0 Å². The summed E-state index contributed by atoms with van der Waals surface area (Å²) < 4.78 is 0. The maximum Gasteiger partial charge on any atom is 0.216 e. The first-order valence-corrected chi connectivity index (χ1v) is 12.9. The smallest absolute Gasteiger partial charge is 0.216 e. The predicted molar refractivity (Wildman–Crippen MR) is 127 cm³/mol. The third-order valence-corrected chi connectivity index (χ3v) is 10.3. The van der Waals surface area contributed by atoms with Crippen molar-refractivity contribution < 1.29 is 9.90 Å². The van der Waals surface area contributed by atoms with Gasteiger partial charge < -0.3 is 10.4 Å². The number of amides is 1. The Morgan fingerprint density at radius 1 is 1.16 bits per heavy atom. The molecule has 31 heavy (non-hydrogen) atoms. The van der Waals surface area contributed by atoms with Crippen molar-refractivity contribution >= 4 is 5.91 Å². The van der Waals surface area contributed by atoms with Gasteiger partial charge in [-0.1, -0.05) is 46.3 Å². The van der Waals surface area contributed by atoms with Crippen molar-refractivity contribution in [1.29, 1.82) is 0 Å². The van der Waals surface area contributed by atoms with E-state index in [1.165, 1.54) is 38.5 Å². The SMILES string of the molecule is CC(=O)NCCC[C@@H](C)[C@H]1CC=C2C3=C(CC[C@@]21C)[C@@]1(C)CC[C@H](O)C(C)(C)[C@@H]1CC3. The molecule has 1 amide bonds. The number of hydrogen-bond donors (Lipinski definition) is 2. The maximum absolute atomic E-state index is 11.2. The number of aliphatic hydroxyl groups excluding tert-OH is 1. The summed E-state index contributed by atoms with van der Waals surface area (Å²) in [6.07, 6.45) is 13.0. The van der Waals surface area contributed by atoms with Crippen molar-refractivity contribution in [2.24, 2.45) is 34.0 Å². The zero-order valence-corrected chi connectivity index (χ0v) is 20.8. The van der Waals surface area contributed by atoms with Crippen LogP contribution < -0.4 is 5.32 Å². The van der Waals surface area contributed by atoms with Gasteiger partial charge in [0.25, 0.3) is 0 Å². The van der Waals surface area contributed by atoms with Gasteiger partial charge in [0, 0.05) is 13.5 Å². The van der Waals surface area contributed by atoms with Gasteiger partial charge in [-0.05, 0) is 103 Å². The first kappa shape index (κ1) is 23.1. The van der Waals surface area contributed by atoms with Crippen molar-refractivity contribution in [3.63, 3.8) is 0 Å². The quantitative estimate of drug-likeness (QED) is 0.515. The monoisotopic (exact) mass is 427 g/mol. The zero-order chi connectivity index (χ0) is 22.6. The molecule has 0 unspecified atom stereocenters. The molecule has 2 N–H and O–H groups in total. The molecule has 0 spiro atoms. The average molecular weight is 428 g/mol. The van der Waals surface area contributed by atoms with Crippen LogP contribution in [-0.2, 0) is 4.79 Å². The van der Waals surface area contributed by atoms with Crippen LogP contribution in [-0.4, -0.2) is 23.7 Å². The third kappa shape index (κ3) is 3.63. The van der Waals surface area contributed by atoms with Gasteiger partial charge in [-0.25, -0.2) is 0 Å². The molecule has 0 aromatic carbocycles. The minimum atomic E-state index is -0.157. The number of hydrogen-bond acceptors (Lipinski definition) is 2. The first-order valence-electron chi connectivity index (χ1n) is 12.9. The molecular formula is C28H45NO2. The fourth-order valence-electron chi connectivity index (χ4n) is 8.47. The Labute approximate surface area is 190 Å². The van der Waals surface area contributed by atoms with Gasteiger partial charge in [0.15, 0.2) is 0 Å². The van der Waals surface area contributed by atoms with E-state index in [2.05, 4.69) is 46.0 Å². The highest BCUT2D eigenvalue weighted by atomic mass is 16.3. The highest BCUT2D eigenvalue weighted by Crippen LogP contribution is 2.66. The second kappa shape index (κ2) is 8.04. The van der Waals surface area contributed by atoms with Crippen molar-refractivity contribution in [3.8, 4) is 0 Å². The number of aliphatic hydroxyl groups is 1. The van der Waals surface area contributed by atoms with E-state index in [-0.39, 0.29) is 22.8 Å². The van der Waals surface area contributed by atoms with Crippen molar-refractivity contribution in [3.05, 3.63) is 22.8 Å². The van der Waals surface area contributed by atoms with Crippen molar-refractivity contribution in [2.75, 3.05) is 6.54 Å². The number of allylic oxidation sites excluding steroid dienone is 4. The summed E-state index contributed by atoms with van der Waals surface area (Å²) in [5, 5.41) is 13.7. The van der Waals surface area contributed by atoms with Gasteiger partial charge in [-0.2, -0.15) is 0 Å². The average Bonchev–Trinajstić information content (AvgIpc) is 3.05. The minimum absolute atomic E-state index is 0.0152. The van der Waals surface area contributed by atoms with Gasteiger partial charge in [0.2, 0.25) is 5.91 Å². The Morgan fingerprint density at radius 2 is 1.90 bits per heavy atom. The summed E-state index contributed by atoms with van der Waals surface area (Å²) in [7, 11) is 0. The molecule has 1 saturated carbocycles. The normalized spacial score (nSPS) is 39.8. The highest BCUT2D eigenvalue weighted by molar-refractivity contribution is 5.72. The molecule has 3 heteroatoms. The van der Waals surface area contributed by atoms with Crippen LogP contribution in [0.2, 0.25) is 0 Å². The standard InChI is InChI=1S/C28H45NO2/c1-18(8-7-17-29-19(2)30)21-10-11-22-20-9-12-24-26(3,4)25(31)14-16-28(24,6)23(20)13-15-27(21,22)5/h11,18,21,24-25,31H,7-10,12-17H2,1-6H3,(H,29,30)/t18-,21-,24+,25+,27-,28-/m1/s1. The summed E-state index contributed by atoms with van der Waals surface area (Å²) >= 11 is 0. The molecular weight excluding hydrogens is 382 g/mol. The third-order valence-electron chi connectivity index (χ3n) is 10.3. The molecule has 0 bridgehead atoms. The van der Waals surface area contributed by atoms with E-state index in [0.29, 0.717) is 17.3 Å². The molecule has 0 heterocycles. The number of carbonyl (C=O) groups excluding carboxylic acids is 1. The largest absolute Gasteiger partial charge is 0.393 e. The van der Waals surface area contributed by atoms with Gasteiger partial charge in [-0.15, -0.1) is 0 Å². The fraction of sp³-hybridized carbons (Fsp3) is 0.821. The van der Waals surface area contributed by atoms with Gasteiger partial charge in [-0.3, -0.25) is 4.79 Å². The van der Waals surface area contributed by atoms with E-state index in [1.54, 1.807) is 23.6 Å². The van der Waals surface area contributed by atoms with E-state index in [4.69, 9.17) is 0 Å². The maximum atomic E-state index is 11.2. The van der Waals surface area contributed by atoms with Gasteiger partial charge >= 0.3 is 0 Å². The number of rotatable bonds is 5. The molecule has 1 fully saturated rings. The van der Waals surface area contributed by atoms with Crippen molar-refractivity contribution in [2.45, 2.75) is 105 Å². The summed E-state index contributed by atoms with van der Waals surface area (Å²) in [4.78, 5) is 11.2. The van der Waals surface area contributed by atoms with Crippen molar-refractivity contribution in [1.82, 2.24) is 5.32 Å². The summed E-state index contributed by atoms with van der Waals surface area (Å²) in [6.45, 7) is 14.5. The second-order valence-corrected chi connectivity index (χ2v) is 12.3. The van der Waals surface area contributed by atoms with Gasteiger partial charge in [0.05, 0.1) is 6.10 Å². The molecule has 4 aliphatic rings. The van der Waals surface area contributed by atoms with E-state index in [9.17, 15) is 9.90 Å². The molecule has 0 aromatic rings. The lowest BCUT2D eigenvalue weighted by Crippen LogP contribution is -2.53. The highest BCUT2D eigenvalue weighted by Gasteiger charge is 2.57. The zero-order valence-electron chi connectivity index (χ0n) is 20.8. The second-order valence-electron chi connectivity index (χ2n) is 12.3. The molecule has 0 saturated heterocycles. The summed E-state index contributed by atoms with van der Waals surface area (Å²) in [5.41, 5.74) is 5.76. The Balaban J connectivity index is 1.54.